The smallest absolute Gasteiger partial charge is 0.262 e. The third-order valence-corrected chi connectivity index (χ3v) is 7.49. The maximum absolute atomic E-state index is 12.2. The van der Waals surface area contributed by atoms with E-state index in [1.165, 1.54) is 16.9 Å². The Balaban J connectivity index is 1.46. The van der Waals surface area contributed by atoms with Gasteiger partial charge in [-0.15, -0.1) is 11.3 Å². The van der Waals surface area contributed by atoms with E-state index >= 15 is 0 Å². The maximum atomic E-state index is 12.2. The molecule has 1 saturated heterocycles. The van der Waals surface area contributed by atoms with Gasteiger partial charge in [0.1, 0.15) is 28.1 Å². The molecule has 1 aliphatic rings. The molecular weight excluding hydrogens is 470 g/mol. The Hall–Kier alpha value is -2.91. The normalized spacial score (nSPS) is 15.5. The number of fused-ring (bicyclic) bond motifs is 1. The number of nitrogens with zero attached hydrogens (tertiary/aromatic N) is 3. The summed E-state index contributed by atoms with van der Waals surface area (Å²) >= 11 is 7.63. The molecule has 0 aliphatic carbocycles. The van der Waals surface area contributed by atoms with E-state index in [4.69, 9.17) is 22.1 Å². The topological polar surface area (TPSA) is 85.4 Å². The van der Waals surface area contributed by atoms with Crippen molar-refractivity contribution in [1.82, 2.24) is 19.8 Å². The molecule has 5 rings (SSSR count). The minimum atomic E-state index is -0.526. The molecule has 1 aliphatic heterocycles. The summed E-state index contributed by atoms with van der Waals surface area (Å²) < 4.78 is 8.15. The molecule has 2 aromatic carbocycles. The molecule has 3 N–H and O–H groups in total. The summed E-state index contributed by atoms with van der Waals surface area (Å²) in [5.74, 6) is -0.0832. The minimum Gasteiger partial charge on any atom is -0.484 e. The number of rotatable bonds is 7. The fourth-order valence-electron chi connectivity index (χ4n) is 4.25. The van der Waals surface area contributed by atoms with Crippen molar-refractivity contribution in [2.24, 2.45) is 5.73 Å². The van der Waals surface area contributed by atoms with Crippen molar-refractivity contribution in [3.8, 4) is 10.8 Å². The second-order valence-corrected chi connectivity index (χ2v) is 9.83. The summed E-state index contributed by atoms with van der Waals surface area (Å²) in [5.41, 5.74) is 9.65. The van der Waals surface area contributed by atoms with E-state index < -0.39 is 5.91 Å². The van der Waals surface area contributed by atoms with Crippen LogP contribution >= 0.6 is 22.9 Å². The van der Waals surface area contributed by atoms with E-state index in [9.17, 15) is 4.79 Å². The van der Waals surface area contributed by atoms with Crippen molar-refractivity contribution in [3.05, 3.63) is 75.9 Å². The monoisotopic (exact) mass is 495 g/mol. The maximum Gasteiger partial charge on any atom is 0.262 e. The summed E-state index contributed by atoms with van der Waals surface area (Å²) in [6, 6.07) is 15.7. The van der Waals surface area contributed by atoms with Crippen molar-refractivity contribution in [1.29, 1.82) is 0 Å². The van der Waals surface area contributed by atoms with Crippen LogP contribution in [-0.4, -0.2) is 46.5 Å². The number of imidazole rings is 1. The first-order valence-electron chi connectivity index (χ1n) is 11.2. The van der Waals surface area contributed by atoms with E-state index in [1.807, 2.05) is 47.9 Å². The van der Waals surface area contributed by atoms with E-state index in [2.05, 4.69) is 27.3 Å². The number of nitrogens with one attached hydrogen (secondary N) is 1. The van der Waals surface area contributed by atoms with Gasteiger partial charge >= 0.3 is 0 Å². The van der Waals surface area contributed by atoms with E-state index in [1.54, 1.807) is 6.33 Å². The van der Waals surface area contributed by atoms with Crippen LogP contribution in [0.5, 0.6) is 5.75 Å². The molecule has 34 heavy (non-hydrogen) atoms. The number of aromatic nitrogens is 2. The molecule has 4 aromatic rings. The molecule has 1 amide bonds. The van der Waals surface area contributed by atoms with Gasteiger partial charge in [0.2, 0.25) is 0 Å². The Morgan fingerprint density at radius 1 is 1.24 bits per heavy atom. The lowest BCUT2D eigenvalue weighted by atomic mass is 10.1. The number of carbonyl (C=O) groups is 1. The van der Waals surface area contributed by atoms with Crippen LogP contribution in [0.4, 0.5) is 0 Å². The van der Waals surface area contributed by atoms with Crippen LogP contribution < -0.4 is 15.8 Å². The number of carbonyl (C=O) groups excluding carboxylic acids is 1. The van der Waals surface area contributed by atoms with Gasteiger partial charge in [-0.3, -0.25) is 14.3 Å². The zero-order valence-electron chi connectivity index (χ0n) is 18.8. The number of hydrogen-bond donors (Lipinski definition) is 2. The Morgan fingerprint density at radius 3 is 2.79 bits per heavy atom. The molecule has 3 heterocycles. The van der Waals surface area contributed by atoms with Crippen molar-refractivity contribution < 1.29 is 9.53 Å². The zero-order valence-corrected chi connectivity index (χ0v) is 20.4. The van der Waals surface area contributed by atoms with Crippen LogP contribution in [0.15, 0.2) is 54.9 Å². The Morgan fingerprint density at radius 2 is 2.03 bits per heavy atom. The van der Waals surface area contributed by atoms with Gasteiger partial charge in [0.25, 0.3) is 5.91 Å². The highest BCUT2D eigenvalue weighted by Gasteiger charge is 2.21. The van der Waals surface area contributed by atoms with Crippen LogP contribution in [0, 0.1) is 0 Å². The molecule has 0 saturated carbocycles. The third-order valence-electron chi connectivity index (χ3n) is 6.02. The van der Waals surface area contributed by atoms with Gasteiger partial charge in [-0.2, -0.15) is 0 Å². The van der Waals surface area contributed by atoms with Crippen LogP contribution in [0.3, 0.4) is 0 Å². The van der Waals surface area contributed by atoms with Crippen LogP contribution in [0.1, 0.15) is 33.8 Å². The molecule has 0 bridgehead atoms. The first-order chi connectivity index (χ1) is 16.5. The lowest BCUT2D eigenvalue weighted by Crippen LogP contribution is -2.42. The summed E-state index contributed by atoms with van der Waals surface area (Å²) in [7, 11) is 0. The summed E-state index contributed by atoms with van der Waals surface area (Å²) in [4.78, 5) is 19.6. The highest BCUT2D eigenvalue weighted by atomic mass is 35.5. The summed E-state index contributed by atoms with van der Waals surface area (Å²) in [6.45, 7) is 6.89. The molecule has 9 heteroatoms. The van der Waals surface area contributed by atoms with Crippen LogP contribution in [0.25, 0.3) is 16.0 Å². The highest BCUT2D eigenvalue weighted by Crippen LogP contribution is 2.37. The largest absolute Gasteiger partial charge is 0.484 e. The molecule has 0 spiro atoms. The highest BCUT2D eigenvalue weighted by molar-refractivity contribution is 7.16. The van der Waals surface area contributed by atoms with E-state index in [-0.39, 0.29) is 6.10 Å². The van der Waals surface area contributed by atoms with Crippen LogP contribution in [-0.2, 0) is 6.54 Å². The molecule has 1 fully saturated rings. The molecule has 2 aromatic heterocycles. The predicted octanol–water partition coefficient (Wildman–Crippen LogP) is 4.38. The average molecular weight is 496 g/mol. The second-order valence-electron chi connectivity index (χ2n) is 8.39. The fourth-order valence-corrected chi connectivity index (χ4v) is 5.47. The quantitative estimate of drug-likeness (QED) is 0.397. The van der Waals surface area contributed by atoms with Crippen molar-refractivity contribution in [2.75, 3.05) is 26.2 Å². The van der Waals surface area contributed by atoms with Gasteiger partial charge in [-0.25, -0.2) is 4.98 Å². The lowest BCUT2D eigenvalue weighted by Gasteiger charge is -2.27. The lowest BCUT2D eigenvalue weighted by molar-refractivity contribution is 0.0998. The molecule has 0 radical (unpaired) electrons. The Bertz CT molecular complexity index is 1330. The first-order valence-corrected chi connectivity index (χ1v) is 12.4. The number of amides is 1. The minimum absolute atomic E-state index is 0.348. The predicted molar refractivity (Wildman–Crippen MR) is 136 cm³/mol. The van der Waals surface area contributed by atoms with Gasteiger partial charge in [-0.05, 0) is 30.7 Å². The number of thiophene rings is 1. The molecule has 1 atom stereocenters. The van der Waals surface area contributed by atoms with Crippen LogP contribution in [0.2, 0.25) is 5.02 Å². The Labute approximate surface area is 207 Å². The first kappa shape index (κ1) is 22.9. The van der Waals surface area contributed by atoms with Gasteiger partial charge < -0.3 is 15.8 Å². The summed E-state index contributed by atoms with van der Waals surface area (Å²) in [6.07, 6.45) is 1.43. The van der Waals surface area contributed by atoms with E-state index in [0.717, 1.165) is 54.3 Å². The number of piperazine rings is 1. The summed E-state index contributed by atoms with van der Waals surface area (Å²) in [5, 5.41) is 4.82. The third kappa shape index (κ3) is 4.67. The van der Waals surface area contributed by atoms with E-state index in [0.29, 0.717) is 15.6 Å². The molecule has 0 unspecified atom stereocenters. The number of halogens is 1. The SMILES string of the molecule is C[C@@H](Oc1cc(-n2cnc3ccc(CN4CCNCC4)cc32)sc1C(N)=O)c1ccccc1Cl. The number of ether oxygens (including phenoxy) is 1. The van der Waals surface area contributed by atoms with Gasteiger partial charge in [0.05, 0.1) is 11.0 Å². The average Bonchev–Trinajstić information content (AvgIpc) is 3.44. The number of primary amides is 1. The van der Waals surface area contributed by atoms with Gasteiger partial charge in [-0.1, -0.05) is 35.9 Å². The number of hydrogen-bond acceptors (Lipinski definition) is 6. The van der Waals surface area contributed by atoms with Crippen molar-refractivity contribution in [2.45, 2.75) is 19.6 Å². The molecular formula is C25H26ClN5O2S. The van der Waals surface area contributed by atoms with Crippen molar-refractivity contribution >= 4 is 39.9 Å². The van der Waals surface area contributed by atoms with Gasteiger partial charge in [0.15, 0.2) is 0 Å². The second kappa shape index (κ2) is 9.76. The van der Waals surface area contributed by atoms with Crippen molar-refractivity contribution in [3.63, 3.8) is 0 Å². The number of nitrogens with two attached hydrogens (primary N) is 1. The standard InChI is InChI=1S/C25H26ClN5O2S/c1-16(18-4-2-3-5-19(18)26)33-22-13-23(34-24(22)25(27)32)31-15-29-20-7-6-17(12-21(20)31)14-30-10-8-28-9-11-30/h2-7,12-13,15-16,28H,8-11,14H2,1H3,(H2,27,32)/t16-/m1/s1. The Kier molecular flexibility index (Phi) is 6.56. The number of benzene rings is 2. The zero-order chi connectivity index (χ0) is 23.7. The fraction of sp³-hybridized carbons (Fsp3) is 0.280. The van der Waals surface area contributed by atoms with Gasteiger partial charge in [0, 0.05) is 49.4 Å². The molecule has 176 valence electrons. The molecule has 7 nitrogen and oxygen atoms in total.